The monoisotopic (exact) mass is 293 g/mol. The average Bonchev–Trinajstić information content (AvgIpc) is 2.50. The van der Waals surface area contributed by atoms with Gasteiger partial charge < -0.3 is 0 Å². The zero-order valence-electron chi connectivity index (χ0n) is 14.9. The Morgan fingerprint density at radius 3 is 1.33 bits per heavy atom. The maximum atomic E-state index is 3.89. The second-order valence-corrected chi connectivity index (χ2v) is 6.50. The molecule has 0 aliphatic heterocycles. The molecule has 0 amide bonds. The van der Waals surface area contributed by atoms with Crippen LogP contribution < -0.4 is 0 Å². The first-order chi connectivity index (χ1) is 10.4. The summed E-state index contributed by atoms with van der Waals surface area (Å²) < 4.78 is 0. The second kappa shape index (κ2) is 19.7. The van der Waals surface area contributed by atoms with Crippen LogP contribution in [0, 0.1) is 6.92 Å². The van der Waals surface area contributed by atoms with Crippen LogP contribution in [-0.4, -0.2) is 0 Å². The van der Waals surface area contributed by atoms with Crippen molar-refractivity contribution in [3.63, 3.8) is 0 Å². The molecule has 125 valence electrons. The van der Waals surface area contributed by atoms with Crippen molar-refractivity contribution in [2.24, 2.45) is 0 Å². The largest absolute Gasteiger partial charge is 0.0885 e. The Bertz CT molecular complexity index is 192. The van der Waals surface area contributed by atoms with E-state index in [9.17, 15) is 0 Å². The number of hydrogen-bond donors (Lipinski definition) is 0. The van der Waals surface area contributed by atoms with Gasteiger partial charge in [-0.25, -0.2) is 0 Å². The lowest BCUT2D eigenvalue weighted by molar-refractivity contribution is 0.566. The van der Waals surface area contributed by atoms with Crippen molar-refractivity contribution in [2.75, 3.05) is 0 Å². The van der Waals surface area contributed by atoms with E-state index < -0.39 is 0 Å². The highest BCUT2D eigenvalue weighted by Crippen LogP contribution is 2.11. The Morgan fingerprint density at radius 1 is 0.524 bits per heavy atom. The number of allylic oxidation sites excluding steroid dienone is 2. The van der Waals surface area contributed by atoms with Crippen molar-refractivity contribution in [2.45, 2.75) is 116 Å². The smallest absolute Gasteiger partial charge is 0.0351 e. The summed E-state index contributed by atoms with van der Waals surface area (Å²) in [6.07, 6.45) is 28.3. The van der Waals surface area contributed by atoms with Crippen LogP contribution in [0.2, 0.25) is 0 Å². The van der Waals surface area contributed by atoms with E-state index in [2.05, 4.69) is 26.0 Å². The third-order valence-electron chi connectivity index (χ3n) is 4.26. The molecule has 0 aromatic rings. The molecule has 0 saturated carbocycles. The van der Waals surface area contributed by atoms with Gasteiger partial charge in [0, 0.05) is 0 Å². The summed E-state index contributed by atoms with van der Waals surface area (Å²) in [5.74, 6) is 0. The molecule has 0 heterocycles. The summed E-state index contributed by atoms with van der Waals surface area (Å²) in [4.78, 5) is 0. The van der Waals surface area contributed by atoms with Gasteiger partial charge in [-0.2, -0.15) is 0 Å². The van der Waals surface area contributed by atoms with Crippen molar-refractivity contribution in [1.29, 1.82) is 0 Å². The van der Waals surface area contributed by atoms with Gasteiger partial charge in [0.25, 0.3) is 0 Å². The molecule has 0 aromatic carbocycles. The Morgan fingerprint density at radius 2 is 0.905 bits per heavy atom. The molecule has 0 aliphatic carbocycles. The summed E-state index contributed by atoms with van der Waals surface area (Å²) in [6, 6.07) is 0. The normalized spacial score (nSPS) is 11.5. The predicted octanol–water partition coefficient (Wildman–Crippen LogP) is 8.03. The highest BCUT2D eigenvalue weighted by Gasteiger charge is 1.91. The third kappa shape index (κ3) is 19.7. The van der Waals surface area contributed by atoms with Gasteiger partial charge in [-0.3, -0.25) is 0 Å². The van der Waals surface area contributed by atoms with Gasteiger partial charge in [0.15, 0.2) is 0 Å². The zero-order valence-corrected chi connectivity index (χ0v) is 14.9. The van der Waals surface area contributed by atoms with Crippen LogP contribution in [0.4, 0.5) is 0 Å². The lowest BCUT2D eigenvalue weighted by Crippen LogP contribution is -1.81. The minimum Gasteiger partial charge on any atom is -0.0885 e. The molecular formula is C21H41. The molecule has 0 spiro atoms. The Balaban J connectivity index is 3.02. The lowest BCUT2D eigenvalue weighted by atomic mass is 10.1. The highest BCUT2D eigenvalue weighted by molar-refractivity contribution is 4.81. The van der Waals surface area contributed by atoms with Gasteiger partial charge in [0.1, 0.15) is 0 Å². The van der Waals surface area contributed by atoms with Crippen LogP contribution in [0.25, 0.3) is 0 Å². The molecule has 0 bridgehead atoms. The Labute approximate surface area is 135 Å². The van der Waals surface area contributed by atoms with Crippen molar-refractivity contribution in [3.8, 4) is 0 Å². The van der Waals surface area contributed by atoms with Crippen LogP contribution in [0.5, 0.6) is 0 Å². The molecule has 0 rings (SSSR count). The van der Waals surface area contributed by atoms with E-state index in [1.54, 1.807) is 0 Å². The van der Waals surface area contributed by atoms with Crippen LogP contribution >= 0.6 is 0 Å². The number of hydrogen-bond acceptors (Lipinski definition) is 0. The summed E-state index contributed by atoms with van der Waals surface area (Å²) in [5.41, 5.74) is 0. The molecular weight excluding hydrogens is 252 g/mol. The Hall–Kier alpha value is -0.260. The van der Waals surface area contributed by atoms with E-state index in [0.717, 1.165) is 6.42 Å². The summed E-state index contributed by atoms with van der Waals surface area (Å²) in [7, 11) is 0. The molecule has 0 atom stereocenters. The molecule has 0 aromatic heterocycles. The van der Waals surface area contributed by atoms with E-state index in [0.29, 0.717) is 0 Å². The van der Waals surface area contributed by atoms with Crippen LogP contribution in [0.3, 0.4) is 0 Å². The van der Waals surface area contributed by atoms with E-state index in [4.69, 9.17) is 0 Å². The average molecular weight is 294 g/mol. The molecule has 0 fully saturated rings. The summed E-state index contributed by atoms with van der Waals surface area (Å²) in [5, 5.41) is 0. The van der Waals surface area contributed by atoms with E-state index in [1.165, 1.54) is 103 Å². The predicted molar refractivity (Wildman–Crippen MR) is 98.7 cm³/mol. The number of rotatable bonds is 17. The first-order valence-electron chi connectivity index (χ1n) is 9.86. The first-order valence-corrected chi connectivity index (χ1v) is 9.86. The topological polar surface area (TPSA) is 0 Å². The van der Waals surface area contributed by atoms with Crippen molar-refractivity contribution in [1.82, 2.24) is 0 Å². The third-order valence-corrected chi connectivity index (χ3v) is 4.26. The molecule has 0 saturated heterocycles. The molecule has 0 unspecified atom stereocenters. The molecule has 0 heteroatoms. The zero-order chi connectivity index (χ0) is 15.4. The molecule has 0 nitrogen and oxygen atoms in total. The maximum Gasteiger partial charge on any atom is -0.0351 e. The van der Waals surface area contributed by atoms with Crippen LogP contribution in [-0.2, 0) is 0 Å². The fourth-order valence-electron chi connectivity index (χ4n) is 2.78. The standard InChI is InChI=1S/C21H41/c1-3-5-7-9-11-13-15-17-19-21-20-18-16-14-12-10-8-6-4-2/h17,19H,1,3-16,18,20-21H2,2H3. The molecule has 0 aliphatic rings. The Kier molecular flexibility index (Phi) is 19.5. The van der Waals surface area contributed by atoms with Gasteiger partial charge in [-0.1, -0.05) is 109 Å². The van der Waals surface area contributed by atoms with Gasteiger partial charge >= 0.3 is 0 Å². The summed E-state index contributed by atoms with van der Waals surface area (Å²) in [6.45, 7) is 6.17. The van der Waals surface area contributed by atoms with E-state index >= 15 is 0 Å². The SMILES string of the molecule is [CH2]CCCCCCCC=CCCCCCCCCCCC. The van der Waals surface area contributed by atoms with Gasteiger partial charge in [-0.15, -0.1) is 0 Å². The first kappa shape index (κ1) is 20.7. The van der Waals surface area contributed by atoms with E-state index in [-0.39, 0.29) is 0 Å². The lowest BCUT2D eigenvalue weighted by Gasteiger charge is -2.00. The van der Waals surface area contributed by atoms with Crippen molar-refractivity contribution >= 4 is 0 Å². The van der Waals surface area contributed by atoms with E-state index in [1.807, 2.05) is 0 Å². The van der Waals surface area contributed by atoms with Gasteiger partial charge in [0.2, 0.25) is 0 Å². The summed E-state index contributed by atoms with van der Waals surface area (Å²) >= 11 is 0. The molecule has 0 N–H and O–H groups in total. The van der Waals surface area contributed by atoms with Crippen molar-refractivity contribution in [3.05, 3.63) is 19.1 Å². The van der Waals surface area contributed by atoms with Gasteiger partial charge in [0.05, 0.1) is 0 Å². The molecule has 1 radical (unpaired) electrons. The fraction of sp³-hybridized carbons (Fsp3) is 0.857. The van der Waals surface area contributed by atoms with Crippen molar-refractivity contribution < 1.29 is 0 Å². The second-order valence-electron chi connectivity index (χ2n) is 6.50. The number of unbranched alkanes of at least 4 members (excludes halogenated alkanes) is 15. The van der Waals surface area contributed by atoms with Crippen LogP contribution in [0.15, 0.2) is 12.2 Å². The minimum atomic E-state index is 1.11. The minimum absolute atomic E-state index is 1.11. The quantitative estimate of drug-likeness (QED) is 0.188. The van der Waals surface area contributed by atoms with Gasteiger partial charge in [-0.05, 0) is 25.7 Å². The molecule has 21 heavy (non-hydrogen) atoms. The fourth-order valence-corrected chi connectivity index (χ4v) is 2.78. The maximum absolute atomic E-state index is 3.89. The highest BCUT2D eigenvalue weighted by atomic mass is 14.0. The van der Waals surface area contributed by atoms with Crippen LogP contribution in [0.1, 0.15) is 116 Å².